The molecule has 0 unspecified atom stereocenters. The zero-order valence-electron chi connectivity index (χ0n) is 12.8. The molecule has 2 aromatic rings. The minimum Gasteiger partial charge on any atom is -0.324 e. The number of nitrogens with two attached hydrogens (primary N) is 1. The summed E-state index contributed by atoms with van der Waals surface area (Å²) in [6.07, 6.45) is 0.936. The van der Waals surface area contributed by atoms with Crippen molar-refractivity contribution in [3.63, 3.8) is 0 Å². The second-order valence-electron chi connectivity index (χ2n) is 5.36. The first-order valence-corrected chi connectivity index (χ1v) is 6.97. The highest BCUT2D eigenvalue weighted by Gasteiger charge is 2.17. The minimum atomic E-state index is -0.242. The van der Waals surface area contributed by atoms with E-state index in [9.17, 15) is 4.39 Å². The van der Waals surface area contributed by atoms with Gasteiger partial charge in [0, 0.05) is 11.7 Å². The molecule has 4 heteroatoms. The number of rotatable bonds is 3. The van der Waals surface area contributed by atoms with Gasteiger partial charge in [-0.25, -0.2) is 9.07 Å². The summed E-state index contributed by atoms with van der Waals surface area (Å²) in [5.41, 5.74) is 11.6. The van der Waals surface area contributed by atoms with Gasteiger partial charge in [-0.3, -0.25) is 0 Å². The second kappa shape index (κ2) is 5.37. The standard InChI is InChI=1S/C16H22FN3/c1-6-13-11(4)19-20(12(13)5)16-7-9(2)15(17)8-14(16)10(3)18/h7-8,10H,6,18H2,1-5H3/t10-/m0/s1. The van der Waals surface area contributed by atoms with Crippen LogP contribution in [0.2, 0.25) is 0 Å². The molecule has 3 nitrogen and oxygen atoms in total. The van der Waals surface area contributed by atoms with E-state index in [1.807, 2.05) is 31.5 Å². The predicted octanol–water partition coefficient (Wildman–Crippen LogP) is 3.52. The summed E-state index contributed by atoms with van der Waals surface area (Å²) in [5, 5.41) is 4.60. The molecule has 0 aliphatic heterocycles. The molecule has 0 spiro atoms. The summed E-state index contributed by atoms with van der Waals surface area (Å²) in [4.78, 5) is 0. The fraction of sp³-hybridized carbons (Fsp3) is 0.438. The van der Waals surface area contributed by atoms with Gasteiger partial charge in [0.2, 0.25) is 0 Å². The van der Waals surface area contributed by atoms with E-state index in [4.69, 9.17) is 5.73 Å². The first-order valence-electron chi connectivity index (χ1n) is 6.97. The molecule has 1 heterocycles. The Morgan fingerprint density at radius 1 is 1.30 bits per heavy atom. The molecule has 2 N–H and O–H groups in total. The molecule has 0 bridgehead atoms. The highest BCUT2D eigenvalue weighted by Crippen LogP contribution is 2.26. The topological polar surface area (TPSA) is 43.8 Å². The van der Waals surface area contributed by atoms with E-state index >= 15 is 0 Å². The van der Waals surface area contributed by atoms with Crippen LogP contribution >= 0.6 is 0 Å². The van der Waals surface area contributed by atoms with Gasteiger partial charge >= 0.3 is 0 Å². The summed E-state index contributed by atoms with van der Waals surface area (Å²) < 4.78 is 15.7. The predicted molar refractivity (Wildman–Crippen MR) is 79.7 cm³/mol. The highest BCUT2D eigenvalue weighted by atomic mass is 19.1. The van der Waals surface area contributed by atoms with Crippen molar-refractivity contribution in [2.45, 2.75) is 47.1 Å². The van der Waals surface area contributed by atoms with E-state index < -0.39 is 0 Å². The molecule has 0 amide bonds. The Labute approximate surface area is 119 Å². The Morgan fingerprint density at radius 3 is 2.45 bits per heavy atom. The SMILES string of the molecule is CCc1c(C)nn(-c2cc(C)c(F)cc2[C@H](C)N)c1C. The molecule has 0 aliphatic carbocycles. The van der Waals surface area contributed by atoms with Gasteiger partial charge < -0.3 is 5.73 Å². The summed E-state index contributed by atoms with van der Waals surface area (Å²) in [7, 11) is 0. The number of aryl methyl sites for hydroxylation is 2. The third-order valence-corrected chi connectivity index (χ3v) is 3.82. The van der Waals surface area contributed by atoms with Gasteiger partial charge in [0.15, 0.2) is 0 Å². The number of hydrogen-bond acceptors (Lipinski definition) is 2. The van der Waals surface area contributed by atoms with Crippen molar-refractivity contribution in [3.05, 3.63) is 46.0 Å². The third kappa shape index (κ3) is 2.36. The van der Waals surface area contributed by atoms with Crippen molar-refractivity contribution in [2.24, 2.45) is 5.73 Å². The maximum absolute atomic E-state index is 13.8. The van der Waals surface area contributed by atoms with Crippen molar-refractivity contribution in [2.75, 3.05) is 0 Å². The number of benzene rings is 1. The maximum atomic E-state index is 13.8. The maximum Gasteiger partial charge on any atom is 0.126 e. The zero-order chi connectivity index (χ0) is 15.0. The molecule has 1 aromatic carbocycles. The van der Waals surface area contributed by atoms with Crippen LogP contribution in [0.1, 0.15) is 48.0 Å². The normalized spacial score (nSPS) is 12.8. The zero-order valence-corrected chi connectivity index (χ0v) is 12.8. The highest BCUT2D eigenvalue weighted by molar-refractivity contribution is 5.47. The molecule has 0 aliphatic rings. The quantitative estimate of drug-likeness (QED) is 0.931. The second-order valence-corrected chi connectivity index (χ2v) is 5.36. The molecule has 0 radical (unpaired) electrons. The Kier molecular flexibility index (Phi) is 3.95. The molecule has 20 heavy (non-hydrogen) atoms. The molecule has 0 saturated carbocycles. The number of hydrogen-bond donors (Lipinski definition) is 1. The number of aromatic nitrogens is 2. The van der Waals surface area contributed by atoms with E-state index in [0.717, 1.165) is 29.1 Å². The summed E-state index contributed by atoms with van der Waals surface area (Å²) in [5.74, 6) is -0.224. The van der Waals surface area contributed by atoms with Crippen LogP contribution in [-0.4, -0.2) is 9.78 Å². The molecule has 1 aromatic heterocycles. The minimum absolute atomic E-state index is 0.224. The third-order valence-electron chi connectivity index (χ3n) is 3.82. The van der Waals surface area contributed by atoms with Crippen molar-refractivity contribution < 1.29 is 4.39 Å². The van der Waals surface area contributed by atoms with Gasteiger partial charge in [0.05, 0.1) is 11.4 Å². The lowest BCUT2D eigenvalue weighted by atomic mass is 10.0. The first-order chi connectivity index (χ1) is 9.36. The van der Waals surface area contributed by atoms with E-state index in [1.165, 1.54) is 11.6 Å². The van der Waals surface area contributed by atoms with Gasteiger partial charge in [-0.15, -0.1) is 0 Å². The molecular formula is C16H22FN3. The van der Waals surface area contributed by atoms with Gasteiger partial charge in [-0.2, -0.15) is 5.10 Å². The van der Waals surface area contributed by atoms with E-state index in [1.54, 1.807) is 6.92 Å². The Balaban J connectivity index is 2.72. The molecular weight excluding hydrogens is 253 g/mol. The molecule has 0 fully saturated rings. The fourth-order valence-corrected chi connectivity index (χ4v) is 2.65. The van der Waals surface area contributed by atoms with Crippen LogP contribution in [0.25, 0.3) is 5.69 Å². The van der Waals surface area contributed by atoms with Crippen molar-refractivity contribution in [3.8, 4) is 5.69 Å². The monoisotopic (exact) mass is 275 g/mol. The summed E-state index contributed by atoms with van der Waals surface area (Å²) in [6, 6.07) is 3.11. The molecule has 0 saturated heterocycles. The lowest BCUT2D eigenvalue weighted by Gasteiger charge is -2.16. The lowest BCUT2D eigenvalue weighted by molar-refractivity contribution is 0.610. The average Bonchev–Trinajstić information content (AvgIpc) is 2.66. The first kappa shape index (κ1) is 14.7. The molecule has 1 atom stereocenters. The molecule has 108 valence electrons. The smallest absolute Gasteiger partial charge is 0.126 e. The summed E-state index contributed by atoms with van der Waals surface area (Å²) >= 11 is 0. The number of nitrogens with zero attached hydrogens (tertiary/aromatic N) is 2. The summed E-state index contributed by atoms with van der Waals surface area (Å²) in [6.45, 7) is 9.78. The Morgan fingerprint density at radius 2 is 1.95 bits per heavy atom. The van der Waals surface area contributed by atoms with Gasteiger partial charge in [-0.1, -0.05) is 6.92 Å². The van der Waals surface area contributed by atoms with Crippen LogP contribution in [-0.2, 0) is 6.42 Å². The van der Waals surface area contributed by atoms with Gasteiger partial charge in [-0.05, 0) is 62.9 Å². The average molecular weight is 275 g/mol. The van der Waals surface area contributed by atoms with E-state index in [2.05, 4.69) is 12.0 Å². The van der Waals surface area contributed by atoms with Crippen molar-refractivity contribution in [1.29, 1.82) is 0 Å². The lowest BCUT2D eigenvalue weighted by Crippen LogP contribution is -2.12. The van der Waals surface area contributed by atoms with Crippen molar-refractivity contribution in [1.82, 2.24) is 9.78 Å². The Hall–Kier alpha value is -1.68. The van der Waals surface area contributed by atoms with Gasteiger partial charge in [0.25, 0.3) is 0 Å². The Bertz CT molecular complexity index is 642. The van der Waals surface area contributed by atoms with Gasteiger partial charge in [0.1, 0.15) is 5.82 Å². The van der Waals surface area contributed by atoms with Crippen LogP contribution in [0.3, 0.4) is 0 Å². The van der Waals surface area contributed by atoms with Crippen LogP contribution < -0.4 is 5.73 Å². The largest absolute Gasteiger partial charge is 0.324 e. The number of halogens is 1. The van der Waals surface area contributed by atoms with Crippen LogP contribution in [0, 0.1) is 26.6 Å². The van der Waals surface area contributed by atoms with Crippen LogP contribution in [0.5, 0.6) is 0 Å². The fourth-order valence-electron chi connectivity index (χ4n) is 2.65. The molecule has 2 rings (SSSR count). The van der Waals surface area contributed by atoms with Crippen molar-refractivity contribution >= 4 is 0 Å². The van der Waals surface area contributed by atoms with Crippen LogP contribution in [0.4, 0.5) is 4.39 Å². The van der Waals surface area contributed by atoms with E-state index in [-0.39, 0.29) is 11.9 Å². The van der Waals surface area contributed by atoms with E-state index in [0.29, 0.717) is 5.56 Å². The van der Waals surface area contributed by atoms with Crippen LogP contribution in [0.15, 0.2) is 12.1 Å².